The molecule has 1 unspecified atom stereocenters. The van der Waals surface area contributed by atoms with Gasteiger partial charge in [0.2, 0.25) is 5.67 Å². The van der Waals surface area contributed by atoms with Crippen LogP contribution in [0.2, 0.25) is 5.02 Å². The number of carboxylic acids is 1. The van der Waals surface area contributed by atoms with Gasteiger partial charge in [-0.3, -0.25) is 0 Å². The molecule has 2 nitrogen and oxygen atoms in total. The zero-order valence-corrected chi connectivity index (χ0v) is 9.09. The smallest absolute Gasteiger partial charge is 0.346 e. The average molecular weight is 231 g/mol. The Morgan fingerprint density at radius 1 is 1.47 bits per heavy atom. The lowest BCUT2D eigenvalue weighted by molar-refractivity contribution is -0.152. The van der Waals surface area contributed by atoms with E-state index < -0.39 is 11.6 Å². The first-order valence-corrected chi connectivity index (χ1v) is 5.07. The summed E-state index contributed by atoms with van der Waals surface area (Å²) in [7, 11) is 0. The normalized spacial score (nSPS) is 14.6. The minimum atomic E-state index is -2.31. The number of hydrogen-bond donors (Lipinski definition) is 1. The molecule has 0 aliphatic carbocycles. The molecule has 0 radical (unpaired) electrons. The van der Waals surface area contributed by atoms with Gasteiger partial charge in [-0.05, 0) is 18.6 Å². The Kier molecular flexibility index (Phi) is 3.69. The molecule has 0 heterocycles. The van der Waals surface area contributed by atoms with Gasteiger partial charge in [-0.1, -0.05) is 37.1 Å². The molecule has 0 bridgehead atoms. The topological polar surface area (TPSA) is 37.3 Å². The Labute approximate surface area is 92.7 Å². The maximum Gasteiger partial charge on any atom is 0.346 e. The highest BCUT2D eigenvalue weighted by Gasteiger charge is 2.39. The molecule has 0 fully saturated rings. The lowest BCUT2D eigenvalue weighted by Crippen LogP contribution is -2.30. The van der Waals surface area contributed by atoms with Crippen molar-refractivity contribution in [1.82, 2.24) is 0 Å². The summed E-state index contributed by atoms with van der Waals surface area (Å²) in [5.41, 5.74) is -2.17. The SMILES string of the molecule is CCCC(F)(C(=O)O)c1ccc(Cl)cc1. The van der Waals surface area contributed by atoms with Crippen molar-refractivity contribution >= 4 is 17.6 Å². The lowest BCUT2D eigenvalue weighted by atomic mass is 9.91. The zero-order valence-electron chi connectivity index (χ0n) is 8.34. The van der Waals surface area contributed by atoms with Crippen LogP contribution in [0, 0.1) is 0 Å². The van der Waals surface area contributed by atoms with E-state index in [1.807, 2.05) is 0 Å². The Hall–Kier alpha value is -1.09. The molecule has 1 aromatic carbocycles. The summed E-state index contributed by atoms with van der Waals surface area (Å²) in [5, 5.41) is 9.34. The number of hydrogen-bond acceptors (Lipinski definition) is 1. The van der Waals surface area contributed by atoms with Crippen molar-refractivity contribution in [3.05, 3.63) is 34.9 Å². The van der Waals surface area contributed by atoms with Crippen molar-refractivity contribution in [2.24, 2.45) is 0 Å². The van der Waals surface area contributed by atoms with Crippen molar-refractivity contribution in [2.75, 3.05) is 0 Å². The van der Waals surface area contributed by atoms with Crippen LogP contribution in [0.5, 0.6) is 0 Å². The highest BCUT2D eigenvalue weighted by atomic mass is 35.5. The molecule has 1 rings (SSSR count). The van der Waals surface area contributed by atoms with E-state index >= 15 is 0 Å². The number of alkyl halides is 1. The Morgan fingerprint density at radius 2 is 2.00 bits per heavy atom. The second kappa shape index (κ2) is 4.62. The monoisotopic (exact) mass is 230 g/mol. The standard InChI is InChI=1S/C11H12ClFO2/c1-2-7-11(13,10(14)15)8-3-5-9(12)6-4-8/h3-6H,2,7H2,1H3,(H,14,15). The van der Waals surface area contributed by atoms with Crippen molar-refractivity contribution in [1.29, 1.82) is 0 Å². The van der Waals surface area contributed by atoms with Gasteiger partial charge in [-0.25, -0.2) is 9.18 Å². The minimum Gasteiger partial charge on any atom is -0.479 e. The van der Waals surface area contributed by atoms with Gasteiger partial charge in [-0.15, -0.1) is 0 Å². The molecule has 4 heteroatoms. The zero-order chi connectivity index (χ0) is 11.5. The van der Waals surface area contributed by atoms with E-state index in [1.165, 1.54) is 24.3 Å². The van der Waals surface area contributed by atoms with Crippen molar-refractivity contribution in [2.45, 2.75) is 25.4 Å². The van der Waals surface area contributed by atoms with Crippen LogP contribution >= 0.6 is 11.6 Å². The first-order chi connectivity index (χ1) is 7.00. The fraction of sp³-hybridized carbons (Fsp3) is 0.364. The summed E-state index contributed by atoms with van der Waals surface area (Å²) in [5.74, 6) is -1.45. The highest BCUT2D eigenvalue weighted by molar-refractivity contribution is 6.30. The molecule has 0 saturated carbocycles. The quantitative estimate of drug-likeness (QED) is 0.861. The van der Waals surface area contributed by atoms with E-state index in [4.69, 9.17) is 16.7 Å². The number of benzene rings is 1. The molecule has 0 saturated heterocycles. The van der Waals surface area contributed by atoms with Crippen molar-refractivity contribution < 1.29 is 14.3 Å². The molecule has 1 aromatic rings. The first-order valence-electron chi connectivity index (χ1n) is 4.69. The highest BCUT2D eigenvalue weighted by Crippen LogP contribution is 2.32. The average Bonchev–Trinajstić information content (AvgIpc) is 2.18. The van der Waals surface area contributed by atoms with E-state index in [2.05, 4.69) is 0 Å². The molecule has 0 spiro atoms. The van der Waals surface area contributed by atoms with Crippen LogP contribution in [0.1, 0.15) is 25.3 Å². The summed E-state index contributed by atoms with van der Waals surface area (Å²) >= 11 is 5.65. The van der Waals surface area contributed by atoms with Crippen LogP contribution in [0.4, 0.5) is 4.39 Å². The third-order valence-corrected chi connectivity index (χ3v) is 2.49. The van der Waals surface area contributed by atoms with Crippen LogP contribution < -0.4 is 0 Å². The third kappa shape index (κ3) is 2.48. The molecular formula is C11H12ClFO2. The fourth-order valence-corrected chi connectivity index (χ4v) is 1.56. The Bertz CT molecular complexity index is 350. The van der Waals surface area contributed by atoms with E-state index in [0.29, 0.717) is 11.4 Å². The van der Waals surface area contributed by atoms with E-state index in [1.54, 1.807) is 6.92 Å². The number of halogens is 2. The van der Waals surface area contributed by atoms with Crippen LogP contribution in [-0.2, 0) is 10.5 Å². The number of rotatable bonds is 4. The van der Waals surface area contributed by atoms with Crippen LogP contribution in [0.15, 0.2) is 24.3 Å². The number of carbonyl (C=O) groups is 1. The van der Waals surface area contributed by atoms with E-state index in [9.17, 15) is 9.18 Å². The lowest BCUT2D eigenvalue weighted by Gasteiger charge is -2.20. The maximum absolute atomic E-state index is 14.1. The summed E-state index contributed by atoms with van der Waals surface area (Å²) in [6.45, 7) is 1.74. The minimum absolute atomic E-state index is 0.0377. The molecular weight excluding hydrogens is 219 g/mol. The van der Waals surface area contributed by atoms with Gasteiger partial charge in [-0.2, -0.15) is 0 Å². The van der Waals surface area contributed by atoms with Crippen LogP contribution in [0.25, 0.3) is 0 Å². The first kappa shape index (κ1) is 12.0. The van der Waals surface area contributed by atoms with Gasteiger partial charge in [0.05, 0.1) is 0 Å². The summed E-state index contributed by atoms with van der Waals surface area (Å²) in [6, 6.07) is 5.80. The van der Waals surface area contributed by atoms with Gasteiger partial charge in [0.25, 0.3) is 0 Å². The molecule has 0 amide bonds. The number of carboxylic acid groups (broad SMARTS) is 1. The molecule has 0 aromatic heterocycles. The third-order valence-electron chi connectivity index (χ3n) is 2.24. The van der Waals surface area contributed by atoms with Gasteiger partial charge in [0.1, 0.15) is 0 Å². The van der Waals surface area contributed by atoms with Gasteiger partial charge in [0.15, 0.2) is 0 Å². The van der Waals surface area contributed by atoms with E-state index in [0.717, 1.165) is 0 Å². The Morgan fingerprint density at radius 3 is 2.40 bits per heavy atom. The molecule has 1 N–H and O–H groups in total. The second-order valence-electron chi connectivity index (χ2n) is 3.36. The summed E-state index contributed by atoms with van der Waals surface area (Å²) < 4.78 is 14.1. The predicted molar refractivity (Wildman–Crippen MR) is 56.8 cm³/mol. The van der Waals surface area contributed by atoms with Crippen LogP contribution in [-0.4, -0.2) is 11.1 Å². The summed E-state index contributed by atoms with van der Waals surface area (Å²) in [6.07, 6.45) is 0.426. The maximum atomic E-state index is 14.1. The number of aliphatic carboxylic acids is 1. The molecule has 15 heavy (non-hydrogen) atoms. The largest absolute Gasteiger partial charge is 0.479 e. The summed E-state index contributed by atoms with van der Waals surface area (Å²) in [4.78, 5) is 10.9. The molecule has 0 aliphatic heterocycles. The van der Waals surface area contributed by atoms with Crippen molar-refractivity contribution in [3.8, 4) is 0 Å². The van der Waals surface area contributed by atoms with Gasteiger partial charge in [0, 0.05) is 10.6 Å². The van der Waals surface area contributed by atoms with E-state index in [-0.39, 0.29) is 12.0 Å². The van der Waals surface area contributed by atoms with Gasteiger partial charge >= 0.3 is 5.97 Å². The fourth-order valence-electron chi connectivity index (χ4n) is 1.43. The molecule has 1 atom stereocenters. The predicted octanol–water partition coefficient (Wildman–Crippen LogP) is 3.39. The van der Waals surface area contributed by atoms with Crippen LogP contribution in [0.3, 0.4) is 0 Å². The van der Waals surface area contributed by atoms with Gasteiger partial charge < -0.3 is 5.11 Å². The Balaban J connectivity index is 3.09. The molecule has 82 valence electrons. The molecule has 0 aliphatic rings. The second-order valence-corrected chi connectivity index (χ2v) is 3.80. The van der Waals surface area contributed by atoms with Crippen molar-refractivity contribution in [3.63, 3.8) is 0 Å².